The second-order valence-corrected chi connectivity index (χ2v) is 13.4. The maximum Gasteiger partial charge on any atom is 0.204 e. The molecule has 2 atom stereocenters. The van der Waals surface area contributed by atoms with Gasteiger partial charge in [-0.1, -0.05) is 0 Å². The summed E-state index contributed by atoms with van der Waals surface area (Å²) in [5.41, 5.74) is 8.25. The van der Waals surface area contributed by atoms with Crippen molar-refractivity contribution < 1.29 is 43.4 Å². The molecule has 4 aromatic rings. The third-order valence-electron chi connectivity index (χ3n) is 10.8. The van der Waals surface area contributed by atoms with Crippen molar-refractivity contribution in [1.29, 1.82) is 0 Å². The van der Waals surface area contributed by atoms with E-state index in [1.165, 1.54) is 12.7 Å². The van der Waals surface area contributed by atoms with Crippen LogP contribution in [0, 0.1) is 0 Å². The van der Waals surface area contributed by atoms with Gasteiger partial charge < -0.3 is 43.4 Å². The number of likely N-dealkylation sites (N-methyl/N-ethyl adjacent to an activating group) is 2. The van der Waals surface area contributed by atoms with E-state index in [0.717, 1.165) is 77.0 Å². The van der Waals surface area contributed by atoms with Gasteiger partial charge >= 0.3 is 0 Å². The number of phenolic OH excluding ortho intramolecular Hbond substituents is 2. The van der Waals surface area contributed by atoms with E-state index < -0.39 is 0 Å². The van der Waals surface area contributed by atoms with E-state index in [4.69, 9.17) is 33.2 Å². The van der Waals surface area contributed by atoms with Crippen molar-refractivity contribution in [3.8, 4) is 68.6 Å². The van der Waals surface area contributed by atoms with Gasteiger partial charge in [0.25, 0.3) is 0 Å². The van der Waals surface area contributed by atoms with Gasteiger partial charge in [-0.2, -0.15) is 0 Å². The molecule has 270 valence electrons. The van der Waals surface area contributed by atoms with Crippen molar-refractivity contribution in [2.45, 2.75) is 37.8 Å². The van der Waals surface area contributed by atoms with Crippen molar-refractivity contribution in [2.24, 2.45) is 0 Å². The van der Waals surface area contributed by atoms with E-state index in [1.807, 2.05) is 18.2 Å². The lowest BCUT2D eigenvalue weighted by molar-refractivity contribution is 0.222. The van der Waals surface area contributed by atoms with E-state index in [-0.39, 0.29) is 23.6 Å². The van der Waals surface area contributed by atoms with Crippen LogP contribution in [-0.4, -0.2) is 89.9 Å². The highest BCUT2D eigenvalue weighted by molar-refractivity contribution is 5.87. The molecule has 0 fully saturated rings. The Kier molecular flexibility index (Phi) is 9.19. The second kappa shape index (κ2) is 13.6. The van der Waals surface area contributed by atoms with Crippen LogP contribution in [-0.2, 0) is 25.7 Å². The molecule has 0 saturated heterocycles. The first-order valence-electron chi connectivity index (χ1n) is 17.1. The predicted molar refractivity (Wildman–Crippen MR) is 193 cm³/mol. The van der Waals surface area contributed by atoms with Crippen LogP contribution >= 0.6 is 0 Å². The summed E-state index contributed by atoms with van der Waals surface area (Å²) >= 11 is 0. The summed E-state index contributed by atoms with van der Waals surface area (Å²) in [6, 6.07) is 11.2. The quantitative estimate of drug-likeness (QED) is 0.190. The van der Waals surface area contributed by atoms with Gasteiger partial charge in [0.2, 0.25) is 5.75 Å². The molecule has 2 N–H and O–H groups in total. The van der Waals surface area contributed by atoms with Gasteiger partial charge in [0, 0.05) is 47.9 Å². The Labute approximate surface area is 298 Å². The highest BCUT2D eigenvalue weighted by Gasteiger charge is 2.40. The van der Waals surface area contributed by atoms with Gasteiger partial charge in [0.1, 0.15) is 5.75 Å². The lowest BCUT2D eigenvalue weighted by Gasteiger charge is -2.41. The Morgan fingerprint density at radius 1 is 0.627 bits per heavy atom. The molecule has 4 aromatic carbocycles. The molecule has 11 nitrogen and oxygen atoms in total. The second-order valence-electron chi connectivity index (χ2n) is 13.4. The highest BCUT2D eigenvalue weighted by atomic mass is 16.5. The monoisotopic (exact) mass is 698 g/mol. The Hall–Kier alpha value is -5.00. The maximum atomic E-state index is 11.0. The van der Waals surface area contributed by atoms with E-state index in [9.17, 15) is 10.2 Å². The lowest BCUT2D eigenvalue weighted by atomic mass is 9.76. The zero-order valence-electron chi connectivity index (χ0n) is 30.5. The molecule has 0 saturated carbocycles. The molecule has 3 aliphatic rings. The third-order valence-corrected chi connectivity index (χ3v) is 10.8. The average molecular weight is 699 g/mol. The number of ether oxygens (including phenoxy) is 7. The summed E-state index contributed by atoms with van der Waals surface area (Å²) in [6.45, 7) is 1.69. The van der Waals surface area contributed by atoms with Gasteiger partial charge in [-0.3, -0.25) is 9.80 Å². The minimum Gasteiger partial charge on any atom is -0.504 e. The van der Waals surface area contributed by atoms with Crippen LogP contribution in [0.3, 0.4) is 0 Å². The Morgan fingerprint density at radius 3 is 1.96 bits per heavy atom. The number of rotatable bonds is 10. The average Bonchev–Trinajstić information content (AvgIpc) is 3.13. The topological polar surface area (TPSA) is 112 Å². The number of nitrogens with zero attached hydrogens (tertiary/aromatic N) is 2. The first-order chi connectivity index (χ1) is 24.6. The summed E-state index contributed by atoms with van der Waals surface area (Å²) in [5.74, 6) is 4.37. The summed E-state index contributed by atoms with van der Waals surface area (Å²) < 4.78 is 41.6. The van der Waals surface area contributed by atoms with Crippen LogP contribution < -0.4 is 33.2 Å². The molecular formula is C40H46N2O9. The molecule has 0 bridgehead atoms. The molecule has 51 heavy (non-hydrogen) atoms. The SMILES string of the molecule is COc1cc2c(cc1O)C(Cc1cc(O)c(OC)cc1Oc1cc3c(cc1OC)-c1c(OC)c(OC)c(OC)c4c1C(C3)N(C)CC4)N(C)CC2. The first kappa shape index (κ1) is 34.4. The van der Waals surface area contributed by atoms with Crippen LogP contribution in [0.5, 0.6) is 57.5 Å². The molecule has 0 radical (unpaired) electrons. The number of hydrogen-bond donors (Lipinski definition) is 2. The molecule has 1 aliphatic carbocycles. The predicted octanol–water partition coefficient (Wildman–Crippen LogP) is 6.47. The van der Waals surface area contributed by atoms with Crippen molar-refractivity contribution in [1.82, 2.24) is 9.80 Å². The lowest BCUT2D eigenvalue weighted by Crippen LogP contribution is -2.36. The fourth-order valence-electron chi connectivity index (χ4n) is 8.21. The zero-order valence-corrected chi connectivity index (χ0v) is 30.5. The van der Waals surface area contributed by atoms with Crippen LogP contribution in [0.25, 0.3) is 11.1 Å². The highest BCUT2D eigenvalue weighted by Crippen LogP contribution is 2.58. The normalized spacial score (nSPS) is 17.9. The Bertz CT molecular complexity index is 1990. The number of phenols is 2. The van der Waals surface area contributed by atoms with E-state index in [1.54, 1.807) is 53.7 Å². The van der Waals surface area contributed by atoms with Crippen molar-refractivity contribution in [3.63, 3.8) is 0 Å². The number of aromatic hydroxyl groups is 2. The van der Waals surface area contributed by atoms with E-state index >= 15 is 0 Å². The van der Waals surface area contributed by atoms with Gasteiger partial charge in [-0.05, 0) is 97.9 Å². The van der Waals surface area contributed by atoms with Crippen LogP contribution in [0.2, 0.25) is 0 Å². The smallest absolute Gasteiger partial charge is 0.204 e. The summed E-state index contributed by atoms with van der Waals surface area (Å²) in [5, 5.41) is 21.7. The van der Waals surface area contributed by atoms with Gasteiger partial charge in [-0.25, -0.2) is 0 Å². The molecule has 11 heteroatoms. The van der Waals surface area contributed by atoms with Crippen LogP contribution in [0.1, 0.15) is 45.5 Å². The number of benzene rings is 4. The summed E-state index contributed by atoms with van der Waals surface area (Å²) in [6.07, 6.45) is 2.89. The minimum atomic E-state index is -0.0990. The van der Waals surface area contributed by atoms with E-state index in [2.05, 4.69) is 23.9 Å². The third kappa shape index (κ3) is 5.68. The van der Waals surface area contributed by atoms with Crippen LogP contribution in [0.4, 0.5) is 0 Å². The summed E-state index contributed by atoms with van der Waals surface area (Å²) in [7, 11) is 13.9. The molecule has 2 unspecified atom stereocenters. The van der Waals surface area contributed by atoms with E-state index in [0.29, 0.717) is 46.7 Å². The molecule has 0 spiro atoms. The number of hydrogen-bond acceptors (Lipinski definition) is 11. The number of methoxy groups -OCH3 is 6. The minimum absolute atomic E-state index is 0.0118. The summed E-state index contributed by atoms with van der Waals surface area (Å²) in [4.78, 5) is 4.63. The van der Waals surface area contributed by atoms with Crippen molar-refractivity contribution in [2.75, 3.05) is 69.8 Å². The van der Waals surface area contributed by atoms with Gasteiger partial charge in [0.15, 0.2) is 46.0 Å². The fraction of sp³-hybridized carbons (Fsp3) is 0.400. The standard InChI is InChI=1S/C40H46N2O9/c1-41-11-9-21-16-32(45-3)30(44)18-25(21)27(41)14-23-15-29(43)33(46-4)20-31(23)51-35-17-22-13-28-36-24(10-12-42(28)2)38(48-6)40(50-8)39(49-7)37(36)26(22)19-34(35)47-5/h15-20,27-28,43-44H,9-14H2,1-8H3. The van der Waals surface area contributed by atoms with Crippen molar-refractivity contribution in [3.05, 3.63) is 69.8 Å². The van der Waals surface area contributed by atoms with Crippen molar-refractivity contribution >= 4 is 0 Å². The molecule has 2 aliphatic heterocycles. The molecule has 0 amide bonds. The Morgan fingerprint density at radius 2 is 1.27 bits per heavy atom. The maximum absolute atomic E-state index is 11.0. The van der Waals surface area contributed by atoms with Gasteiger partial charge in [-0.15, -0.1) is 0 Å². The molecular weight excluding hydrogens is 652 g/mol. The molecule has 0 aromatic heterocycles. The largest absolute Gasteiger partial charge is 0.504 e. The molecule has 2 heterocycles. The fourth-order valence-corrected chi connectivity index (χ4v) is 8.21. The number of fused-ring (bicyclic) bond motifs is 3. The van der Waals surface area contributed by atoms with Gasteiger partial charge in [0.05, 0.1) is 42.7 Å². The van der Waals surface area contributed by atoms with Crippen LogP contribution in [0.15, 0.2) is 36.4 Å². The first-order valence-corrected chi connectivity index (χ1v) is 17.1. The zero-order chi connectivity index (χ0) is 36.1. The molecule has 7 rings (SSSR count). The Balaban J connectivity index is 1.34.